The van der Waals surface area contributed by atoms with E-state index in [0.717, 1.165) is 44.7 Å². The summed E-state index contributed by atoms with van der Waals surface area (Å²) in [4.78, 5) is 17.5. The second-order valence-electron chi connectivity index (χ2n) is 7.78. The number of amides is 1. The molecule has 0 spiro atoms. The summed E-state index contributed by atoms with van der Waals surface area (Å²) in [5, 5.41) is 3.23. The number of rotatable bonds is 5. The normalized spacial score (nSPS) is 19.7. The van der Waals surface area contributed by atoms with Crippen LogP contribution < -0.4 is 10.2 Å². The van der Waals surface area contributed by atoms with Crippen LogP contribution in [0, 0.1) is 0 Å². The van der Waals surface area contributed by atoms with Crippen LogP contribution in [0.15, 0.2) is 48.5 Å². The van der Waals surface area contributed by atoms with Crippen molar-refractivity contribution in [2.45, 2.75) is 45.3 Å². The summed E-state index contributed by atoms with van der Waals surface area (Å²) in [6.07, 6.45) is 3.41. The third-order valence-corrected chi connectivity index (χ3v) is 5.72. The predicted octanol–water partition coefficient (Wildman–Crippen LogP) is 3.81. The Morgan fingerprint density at radius 2 is 1.78 bits per heavy atom. The molecule has 2 aromatic carbocycles. The first kappa shape index (κ1) is 18.1. The van der Waals surface area contributed by atoms with Crippen molar-refractivity contribution in [3.8, 4) is 0 Å². The van der Waals surface area contributed by atoms with E-state index >= 15 is 0 Å². The first-order valence-corrected chi connectivity index (χ1v) is 10.2. The van der Waals surface area contributed by atoms with Crippen molar-refractivity contribution in [2.75, 3.05) is 24.5 Å². The molecule has 2 heterocycles. The summed E-state index contributed by atoms with van der Waals surface area (Å²) >= 11 is 0. The van der Waals surface area contributed by atoms with E-state index in [4.69, 9.17) is 0 Å². The lowest BCUT2D eigenvalue weighted by Gasteiger charge is -2.32. The standard InChI is InChI=1S/C23H29N3O/c1-2-13-25-14-5-8-21(17-25)24-23(27)18-9-11-22(12-10-18)26-15-19-6-3-4-7-20(19)16-26/h3-4,6-7,9-12,21H,2,5,8,13-17H2,1H3,(H,24,27)/t21-/m0/s1. The average Bonchev–Trinajstić information content (AvgIpc) is 3.13. The van der Waals surface area contributed by atoms with Gasteiger partial charge in [-0.1, -0.05) is 31.2 Å². The summed E-state index contributed by atoms with van der Waals surface area (Å²) in [6, 6.07) is 16.9. The fourth-order valence-corrected chi connectivity index (χ4v) is 4.30. The molecule has 142 valence electrons. The van der Waals surface area contributed by atoms with Gasteiger partial charge in [0.2, 0.25) is 0 Å². The Hall–Kier alpha value is -2.33. The van der Waals surface area contributed by atoms with Crippen molar-refractivity contribution in [1.29, 1.82) is 0 Å². The SMILES string of the molecule is CCCN1CCC[C@H](NC(=O)c2ccc(N3Cc4ccccc4C3)cc2)C1. The van der Waals surface area contributed by atoms with Crippen LogP contribution in [0.25, 0.3) is 0 Å². The zero-order valence-corrected chi connectivity index (χ0v) is 16.2. The number of hydrogen-bond donors (Lipinski definition) is 1. The van der Waals surface area contributed by atoms with Gasteiger partial charge in [-0.15, -0.1) is 0 Å². The van der Waals surface area contributed by atoms with E-state index in [0.29, 0.717) is 0 Å². The molecular weight excluding hydrogens is 334 g/mol. The van der Waals surface area contributed by atoms with Gasteiger partial charge in [0, 0.05) is 36.9 Å². The van der Waals surface area contributed by atoms with Gasteiger partial charge >= 0.3 is 0 Å². The summed E-state index contributed by atoms with van der Waals surface area (Å²) in [5.41, 5.74) is 4.72. The molecule has 2 aliphatic rings. The van der Waals surface area contributed by atoms with E-state index in [1.54, 1.807) is 0 Å². The highest BCUT2D eigenvalue weighted by Crippen LogP contribution is 2.28. The number of nitrogens with zero attached hydrogens (tertiary/aromatic N) is 2. The van der Waals surface area contributed by atoms with Gasteiger partial charge in [0.05, 0.1) is 0 Å². The van der Waals surface area contributed by atoms with Crippen molar-refractivity contribution >= 4 is 11.6 Å². The first-order valence-electron chi connectivity index (χ1n) is 10.2. The number of fused-ring (bicyclic) bond motifs is 1. The van der Waals surface area contributed by atoms with Gasteiger partial charge in [-0.3, -0.25) is 4.79 Å². The van der Waals surface area contributed by atoms with Crippen molar-refractivity contribution in [3.05, 3.63) is 65.2 Å². The van der Waals surface area contributed by atoms with Crippen molar-refractivity contribution < 1.29 is 4.79 Å². The lowest BCUT2D eigenvalue weighted by atomic mass is 10.0. The Morgan fingerprint density at radius 1 is 1.07 bits per heavy atom. The molecule has 1 atom stereocenters. The molecule has 4 heteroatoms. The largest absolute Gasteiger partial charge is 0.363 e. The smallest absolute Gasteiger partial charge is 0.251 e. The van der Waals surface area contributed by atoms with Crippen LogP contribution in [0.5, 0.6) is 0 Å². The van der Waals surface area contributed by atoms with E-state index in [9.17, 15) is 4.79 Å². The number of carbonyl (C=O) groups is 1. The lowest BCUT2D eigenvalue weighted by Crippen LogP contribution is -2.47. The topological polar surface area (TPSA) is 35.6 Å². The highest BCUT2D eigenvalue weighted by molar-refractivity contribution is 5.94. The molecule has 0 unspecified atom stereocenters. The minimum absolute atomic E-state index is 0.0506. The maximum absolute atomic E-state index is 12.6. The Labute approximate surface area is 162 Å². The minimum Gasteiger partial charge on any atom is -0.363 e. The van der Waals surface area contributed by atoms with Crippen LogP contribution in [0.2, 0.25) is 0 Å². The third-order valence-electron chi connectivity index (χ3n) is 5.72. The van der Waals surface area contributed by atoms with Crippen LogP contribution in [-0.4, -0.2) is 36.5 Å². The molecule has 27 heavy (non-hydrogen) atoms. The molecule has 1 N–H and O–H groups in total. The average molecular weight is 364 g/mol. The van der Waals surface area contributed by atoms with Gasteiger partial charge < -0.3 is 15.1 Å². The summed E-state index contributed by atoms with van der Waals surface area (Å²) in [6.45, 7) is 7.35. The van der Waals surface area contributed by atoms with E-state index in [1.165, 1.54) is 29.7 Å². The monoisotopic (exact) mass is 363 g/mol. The van der Waals surface area contributed by atoms with Crippen molar-refractivity contribution in [2.24, 2.45) is 0 Å². The van der Waals surface area contributed by atoms with Crippen molar-refractivity contribution in [1.82, 2.24) is 10.2 Å². The van der Waals surface area contributed by atoms with Gasteiger partial charge in [-0.05, 0) is 67.7 Å². The number of hydrogen-bond acceptors (Lipinski definition) is 3. The Bertz CT molecular complexity index is 759. The van der Waals surface area contributed by atoms with Crippen LogP contribution in [0.4, 0.5) is 5.69 Å². The van der Waals surface area contributed by atoms with Gasteiger partial charge in [-0.25, -0.2) is 0 Å². The molecule has 4 rings (SSSR count). The number of anilines is 1. The van der Waals surface area contributed by atoms with Gasteiger partial charge in [-0.2, -0.15) is 0 Å². The van der Waals surface area contributed by atoms with E-state index in [2.05, 4.69) is 58.4 Å². The quantitative estimate of drug-likeness (QED) is 0.877. The molecular formula is C23H29N3O. The molecule has 0 saturated carbocycles. The summed E-state index contributed by atoms with van der Waals surface area (Å²) in [5.74, 6) is 0.0506. The molecule has 1 fully saturated rings. The zero-order chi connectivity index (χ0) is 18.6. The van der Waals surface area contributed by atoms with Gasteiger partial charge in [0.1, 0.15) is 0 Å². The maximum atomic E-state index is 12.6. The number of nitrogens with one attached hydrogen (secondary N) is 1. The number of benzene rings is 2. The highest BCUT2D eigenvalue weighted by Gasteiger charge is 2.22. The van der Waals surface area contributed by atoms with Gasteiger partial charge in [0.25, 0.3) is 5.91 Å². The summed E-state index contributed by atoms with van der Waals surface area (Å²) < 4.78 is 0. The van der Waals surface area contributed by atoms with Crippen LogP contribution in [0.1, 0.15) is 47.7 Å². The van der Waals surface area contributed by atoms with E-state index < -0.39 is 0 Å². The van der Waals surface area contributed by atoms with Crippen molar-refractivity contribution in [3.63, 3.8) is 0 Å². The van der Waals surface area contributed by atoms with Crippen LogP contribution in [-0.2, 0) is 13.1 Å². The Morgan fingerprint density at radius 3 is 2.44 bits per heavy atom. The minimum atomic E-state index is 0.0506. The Kier molecular flexibility index (Phi) is 5.44. The molecule has 0 bridgehead atoms. The second-order valence-corrected chi connectivity index (χ2v) is 7.78. The van der Waals surface area contributed by atoms with E-state index in [-0.39, 0.29) is 11.9 Å². The molecule has 4 nitrogen and oxygen atoms in total. The fourth-order valence-electron chi connectivity index (χ4n) is 4.30. The van der Waals surface area contributed by atoms with Crippen LogP contribution in [0.3, 0.4) is 0 Å². The highest BCUT2D eigenvalue weighted by atomic mass is 16.1. The molecule has 0 radical (unpaired) electrons. The molecule has 1 saturated heterocycles. The number of likely N-dealkylation sites (tertiary alicyclic amines) is 1. The Balaban J connectivity index is 1.36. The lowest BCUT2D eigenvalue weighted by molar-refractivity contribution is 0.0904. The molecule has 2 aromatic rings. The molecule has 1 amide bonds. The predicted molar refractivity (Wildman–Crippen MR) is 110 cm³/mol. The fraction of sp³-hybridized carbons (Fsp3) is 0.435. The summed E-state index contributed by atoms with van der Waals surface area (Å²) in [7, 11) is 0. The third kappa shape index (κ3) is 4.16. The van der Waals surface area contributed by atoms with Gasteiger partial charge in [0.15, 0.2) is 0 Å². The molecule has 0 aromatic heterocycles. The van der Waals surface area contributed by atoms with Crippen LogP contribution >= 0.6 is 0 Å². The van der Waals surface area contributed by atoms with E-state index in [1.807, 2.05) is 12.1 Å². The molecule has 0 aliphatic carbocycles. The maximum Gasteiger partial charge on any atom is 0.251 e. The first-order chi connectivity index (χ1) is 13.2. The number of carbonyl (C=O) groups excluding carboxylic acids is 1. The zero-order valence-electron chi connectivity index (χ0n) is 16.2. The number of piperidine rings is 1. The molecule has 2 aliphatic heterocycles. The second kappa shape index (κ2) is 8.13.